The van der Waals surface area contributed by atoms with E-state index in [2.05, 4.69) is 27.7 Å². The maximum Gasteiger partial charge on any atom is 2.00 e. The fourth-order valence-corrected chi connectivity index (χ4v) is 2.35. The van der Waals surface area contributed by atoms with Crippen molar-refractivity contribution >= 4 is 60.8 Å². The third kappa shape index (κ3) is 36.2. The van der Waals surface area contributed by atoms with Crippen molar-refractivity contribution in [2.75, 3.05) is 0 Å². The van der Waals surface area contributed by atoms with Gasteiger partial charge in [0, 0.05) is 11.9 Å². The molecule has 0 saturated heterocycles. The molecule has 0 N–H and O–H groups in total. The average molecular weight is 480 g/mol. The van der Waals surface area contributed by atoms with Crippen molar-refractivity contribution in [3.8, 4) is 0 Å². The molecule has 0 unspecified atom stereocenters. The van der Waals surface area contributed by atoms with E-state index < -0.39 is 11.9 Å². The molecule has 0 rings (SSSR count). The van der Waals surface area contributed by atoms with Crippen LogP contribution in [0.1, 0.15) is 105 Å². The van der Waals surface area contributed by atoms with Crippen molar-refractivity contribution in [2.45, 2.75) is 105 Å². The zero-order valence-electron chi connectivity index (χ0n) is 17.0. The molecule has 0 saturated carbocycles. The van der Waals surface area contributed by atoms with Crippen molar-refractivity contribution in [3.63, 3.8) is 0 Å². The van der Waals surface area contributed by atoms with Gasteiger partial charge in [0.15, 0.2) is 0 Å². The van der Waals surface area contributed by atoms with Gasteiger partial charge in [0.25, 0.3) is 0 Å². The normalized spacial score (nSPS) is 10.2. The van der Waals surface area contributed by atoms with Crippen LogP contribution in [-0.4, -0.2) is 60.8 Å². The minimum Gasteiger partial charge on any atom is -0.550 e. The SMILES string of the molecule is CC(C)CCCCCCC(=O)[O-].CC(C)CCCCCCC(=O)[O-].[Ba+2]. The number of carboxylic acid groups (broad SMARTS) is 2. The van der Waals surface area contributed by atoms with Crippen LogP contribution in [0.2, 0.25) is 0 Å². The van der Waals surface area contributed by atoms with E-state index in [-0.39, 0.29) is 61.7 Å². The molecular weight excluding hydrogens is 442 g/mol. The second kappa shape index (κ2) is 22.6. The van der Waals surface area contributed by atoms with E-state index in [0.717, 1.165) is 50.4 Å². The molecule has 0 aliphatic carbocycles. The third-order valence-corrected chi connectivity index (χ3v) is 3.82. The van der Waals surface area contributed by atoms with E-state index in [1.807, 2.05) is 0 Å². The smallest absolute Gasteiger partial charge is 0.550 e. The first-order valence-corrected chi connectivity index (χ1v) is 9.65. The third-order valence-electron chi connectivity index (χ3n) is 3.82. The van der Waals surface area contributed by atoms with Crippen LogP contribution in [0.15, 0.2) is 0 Å². The summed E-state index contributed by atoms with van der Waals surface area (Å²) in [6.45, 7) is 8.84. The zero-order valence-corrected chi connectivity index (χ0v) is 21.4. The number of hydrogen-bond acceptors (Lipinski definition) is 4. The molecule has 0 aromatic heterocycles. The summed E-state index contributed by atoms with van der Waals surface area (Å²) in [6, 6.07) is 0. The molecule has 0 fully saturated rings. The van der Waals surface area contributed by atoms with E-state index in [1.165, 1.54) is 25.7 Å². The summed E-state index contributed by atoms with van der Waals surface area (Å²) in [5.74, 6) is -0.296. The van der Waals surface area contributed by atoms with Crippen LogP contribution >= 0.6 is 0 Å². The summed E-state index contributed by atoms with van der Waals surface area (Å²) < 4.78 is 0. The van der Waals surface area contributed by atoms with E-state index in [1.54, 1.807) is 0 Å². The molecule has 0 atom stereocenters. The van der Waals surface area contributed by atoms with Gasteiger partial charge in [-0.3, -0.25) is 0 Å². The van der Waals surface area contributed by atoms with Crippen molar-refractivity contribution in [3.05, 3.63) is 0 Å². The molecule has 0 spiro atoms. The Labute approximate surface area is 195 Å². The number of aliphatic carboxylic acids is 2. The topological polar surface area (TPSA) is 80.3 Å². The molecule has 0 heterocycles. The number of rotatable bonds is 14. The number of carbonyl (C=O) groups is 2. The second-order valence-electron chi connectivity index (χ2n) is 7.44. The monoisotopic (exact) mass is 480 g/mol. The Morgan fingerprint density at radius 1 is 0.600 bits per heavy atom. The Hall–Kier alpha value is 0.511. The van der Waals surface area contributed by atoms with Crippen molar-refractivity contribution in [1.29, 1.82) is 0 Å². The molecule has 0 aliphatic rings. The minimum absolute atomic E-state index is 0. The van der Waals surface area contributed by atoms with Gasteiger partial charge in [-0.25, -0.2) is 0 Å². The summed E-state index contributed by atoms with van der Waals surface area (Å²) in [7, 11) is 0. The maximum absolute atomic E-state index is 10.0. The Kier molecular flexibility index (Phi) is 27.3. The number of hydrogen-bond donors (Lipinski definition) is 0. The van der Waals surface area contributed by atoms with Crippen LogP contribution in [-0.2, 0) is 9.59 Å². The van der Waals surface area contributed by atoms with Gasteiger partial charge < -0.3 is 19.8 Å². The average Bonchev–Trinajstić information content (AvgIpc) is 2.46. The predicted molar refractivity (Wildman–Crippen MR) is 101 cm³/mol. The summed E-state index contributed by atoms with van der Waals surface area (Å²) in [4.78, 5) is 20.1. The first kappa shape index (κ1) is 30.2. The van der Waals surface area contributed by atoms with Gasteiger partial charge in [-0.15, -0.1) is 0 Å². The van der Waals surface area contributed by atoms with E-state index in [0.29, 0.717) is 0 Å². The van der Waals surface area contributed by atoms with Gasteiger partial charge in [0.1, 0.15) is 0 Å². The van der Waals surface area contributed by atoms with Gasteiger partial charge >= 0.3 is 48.9 Å². The summed E-state index contributed by atoms with van der Waals surface area (Å²) >= 11 is 0. The zero-order chi connectivity index (χ0) is 18.8. The fourth-order valence-electron chi connectivity index (χ4n) is 2.35. The van der Waals surface area contributed by atoms with Gasteiger partial charge in [-0.2, -0.15) is 0 Å². The largest absolute Gasteiger partial charge is 2.00 e. The van der Waals surface area contributed by atoms with E-state index in [4.69, 9.17) is 0 Å². The first-order valence-electron chi connectivity index (χ1n) is 9.65. The van der Waals surface area contributed by atoms with Crippen LogP contribution in [0.3, 0.4) is 0 Å². The van der Waals surface area contributed by atoms with Crippen molar-refractivity contribution in [1.82, 2.24) is 0 Å². The van der Waals surface area contributed by atoms with E-state index >= 15 is 0 Å². The van der Waals surface area contributed by atoms with Crippen LogP contribution in [0, 0.1) is 11.8 Å². The molecule has 0 bridgehead atoms. The van der Waals surface area contributed by atoms with Gasteiger partial charge in [0.05, 0.1) is 0 Å². The minimum atomic E-state index is -0.918. The molecule has 5 heteroatoms. The summed E-state index contributed by atoms with van der Waals surface area (Å²) in [6.07, 6.45) is 11.3. The maximum atomic E-state index is 10.0. The Balaban J connectivity index is -0.000000372. The van der Waals surface area contributed by atoms with Crippen LogP contribution in [0.4, 0.5) is 0 Å². The quantitative estimate of drug-likeness (QED) is 0.283. The summed E-state index contributed by atoms with van der Waals surface area (Å²) in [5.41, 5.74) is 0. The Bertz CT molecular complexity index is 274. The standard InChI is InChI=1S/2C10H20O2.Ba/c2*1-9(2)7-5-3-4-6-8-10(11)12;/h2*9H,3-8H2,1-2H3,(H,11,12);/q;;+2/p-2. The molecule has 0 aromatic carbocycles. The summed E-state index contributed by atoms with van der Waals surface area (Å²) in [5, 5.41) is 20.1. The van der Waals surface area contributed by atoms with Gasteiger partial charge in [-0.1, -0.05) is 79.1 Å². The number of unbranched alkanes of at least 4 members (excludes halogenated alkanes) is 6. The molecule has 4 nitrogen and oxygen atoms in total. The first-order chi connectivity index (χ1) is 11.3. The molecule has 0 aliphatic heterocycles. The molecule has 0 aromatic rings. The van der Waals surface area contributed by atoms with E-state index in [9.17, 15) is 19.8 Å². The van der Waals surface area contributed by atoms with Crippen molar-refractivity contribution in [2.24, 2.45) is 11.8 Å². The second-order valence-corrected chi connectivity index (χ2v) is 7.44. The van der Waals surface area contributed by atoms with Crippen molar-refractivity contribution < 1.29 is 19.8 Å². The molecule has 0 amide bonds. The van der Waals surface area contributed by atoms with Crippen LogP contribution < -0.4 is 10.2 Å². The fraction of sp³-hybridized carbons (Fsp3) is 0.900. The van der Waals surface area contributed by atoms with Gasteiger partial charge in [0.2, 0.25) is 0 Å². The van der Waals surface area contributed by atoms with Gasteiger partial charge in [-0.05, 0) is 37.5 Å². The predicted octanol–water partition coefficient (Wildman–Crippen LogP) is 3.09. The molecule has 144 valence electrons. The van der Waals surface area contributed by atoms with Crippen LogP contribution in [0.25, 0.3) is 0 Å². The molecule has 0 radical (unpaired) electrons. The molecule has 25 heavy (non-hydrogen) atoms. The number of carboxylic acids is 2. The Morgan fingerprint density at radius 3 is 1.12 bits per heavy atom. The number of carbonyl (C=O) groups excluding carboxylic acids is 2. The molecular formula is C20H38BaO4. The van der Waals surface area contributed by atoms with Crippen LogP contribution in [0.5, 0.6) is 0 Å². The Morgan fingerprint density at radius 2 is 0.880 bits per heavy atom.